The van der Waals surface area contributed by atoms with Crippen LogP contribution >= 0.6 is 0 Å². The number of aliphatic carboxylic acids is 1. The Labute approximate surface area is 75.9 Å². The largest absolute Gasteiger partial charge is 0.481 e. The Morgan fingerprint density at radius 2 is 2.31 bits per heavy atom. The second-order valence-corrected chi connectivity index (χ2v) is 3.96. The third-order valence-electron chi connectivity index (χ3n) is 3.04. The van der Waals surface area contributed by atoms with E-state index in [1.807, 2.05) is 0 Å². The Balaban J connectivity index is 1.98. The first-order chi connectivity index (χ1) is 6.12. The van der Waals surface area contributed by atoms with Crippen molar-refractivity contribution in [2.24, 2.45) is 5.41 Å². The van der Waals surface area contributed by atoms with Gasteiger partial charge in [0.05, 0.1) is 11.8 Å². The summed E-state index contributed by atoms with van der Waals surface area (Å²) in [6.45, 7) is 0. The van der Waals surface area contributed by atoms with E-state index in [-0.39, 0.29) is 23.9 Å². The minimum Gasteiger partial charge on any atom is -0.481 e. The van der Waals surface area contributed by atoms with E-state index in [0.29, 0.717) is 6.42 Å². The van der Waals surface area contributed by atoms with Gasteiger partial charge in [-0.15, -0.1) is 0 Å². The fourth-order valence-corrected chi connectivity index (χ4v) is 2.16. The van der Waals surface area contributed by atoms with Crippen molar-refractivity contribution in [3.05, 3.63) is 0 Å². The zero-order valence-corrected chi connectivity index (χ0v) is 7.28. The summed E-state index contributed by atoms with van der Waals surface area (Å²) in [7, 11) is 0. The fourth-order valence-electron chi connectivity index (χ4n) is 2.16. The van der Waals surface area contributed by atoms with E-state index in [1.54, 1.807) is 0 Å². The molecule has 1 aliphatic carbocycles. The highest BCUT2D eigenvalue weighted by atomic mass is 16.6. The number of carbonyl (C=O) groups is 2. The molecule has 0 bridgehead atoms. The van der Waals surface area contributed by atoms with Gasteiger partial charge in [0, 0.05) is 6.42 Å². The van der Waals surface area contributed by atoms with E-state index < -0.39 is 5.97 Å². The van der Waals surface area contributed by atoms with Gasteiger partial charge in [-0.1, -0.05) is 6.42 Å². The molecule has 72 valence electrons. The maximum atomic E-state index is 11.4. The maximum Gasteiger partial charge on any atom is 0.312 e. The van der Waals surface area contributed by atoms with Crippen LogP contribution in [0.1, 0.15) is 32.1 Å². The van der Waals surface area contributed by atoms with E-state index >= 15 is 0 Å². The number of rotatable bonds is 2. The number of hydrogen-bond acceptors (Lipinski definition) is 3. The van der Waals surface area contributed by atoms with Gasteiger partial charge in [-0.05, 0) is 12.8 Å². The third-order valence-corrected chi connectivity index (χ3v) is 3.04. The molecule has 4 nitrogen and oxygen atoms in total. The smallest absolute Gasteiger partial charge is 0.312 e. The predicted molar refractivity (Wildman–Crippen MR) is 43.0 cm³/mol. The van der Waals surface area contributed by atoms with E-state index in [0.717, 1.165) is 19.3 Å². The van der Waals surface area contributed by atoms with Crippen molar-refractivity contribution in [2.75, 3.05) is 0 Å². The van der Waals surface area contributed by atoms with Gasteiger partial charge >= 0.3 is 11.9 Å². The maximum absolute atomic E-state index is 11.4. The van der Waals surface area contributed by atoms with Crippen molar-refractivity contribution >= 4 is 11.9 Å². The normalized spacial score (nSPS) is 29.8. The molecule has 4 heteroatoms. The van der Waals surface area contributed by atoms with Gasteiger partial charge in [0.1, 0.15) is 6.10 Å². The number of cyclic esters (lactones) is 1. The molecule has 0 aromatic rings. The first-order valence-corrected chi connectivity index (χ1v) is 4.55. The number of hydrogen-bond donors (Lipinski definition) is 1. The summed E-state index contributed by atoms with van der Waals surface area (Å²) in [6.07, 6.45) is 3.00. The monoisotopic (exact) mass is 184 g/mol. The van der Waals surface area contributed by atoms with Crippen LogP contribution in [0, 0.1) is 5.41 Å². The second kappa shape index (κ2) is 2.72. The lowest BCUT2D eigenvalue weighted by Gasteiger charge is -2.33. The molecular formula is C9H12O4. The average Bonchev–Trinajstić information content (AvgIpc) is 2.24. The molecule has 2 fully saturated rings. The van der Waals surface area contributed by atoms with Crippen LogP contribution in [0.4, 0.5) is 0 Å². The Morgan fingerprint density at radius 3 is 2.69 bits per heavy atom. The van der Waals surface area contributed by atoms with Crippen LogP contribution in [0.5, 0.6) is 0 Å². The van der Waals surface area contributed by atoms with Crippen LogP contribution in [-0.4, -0.2) is 23.1 Å². The lowest BCUT2D eigenvalue weighted by molar-refractivity contribution is -0.153. The van der Waals surface area contributed by atoms with Crippen molar-refractivity contribution < 1.29 is 19.4 Å². The van der Waals surface area contributed by atoms with E-state index in [2.05, 4.69) is 0 Å². The van der Waals surface area contributed by atoms with Crippen molar-refractivity contribution in [1.29, 1.82) is 0 Å². The summed E-state index contributed by atoms with van der Waals surface area (Å²) in [4.78, 5) is 21.7. The average molecular weight is 184 g/mol. The molecule has 2 rings (SSSR count). The Morgan fingerprint density at radius 1 is 1.62 bits per heavy atom. The third kappa shape index (κ3) is 1.30. The van der Waals surface area contributed by atoms with Gasteiger partial charge in [-0.25, -0.2) is 0 Å². The number of esters is 1. The molecule has 1 unspecified atom stereocenters. The van der Waals surface area contributed by atoms with Gasteiger partial charge in [-0.3, -0.25) is 9.59 Å². The molecule has 1 spiro atoms. The van der Waals surface area contributed by atoms with Crippen LogP contribution < -0.4 is 0 Å². The molecule has 2 aliphatic rings. The standard InChI is InChI=1S/C9H12O4/c10-7(11)4-6-5-9(2-1-3-9)8(12)13-6/h6H,1-5H2,(H,10,11). The molecular weight excluding hydrogens is 172 g/mol. The van der Waals surface area contributed by atoms with Gasteiger partial charge in [-0.2, -0.15) is 0 Å². The highest BCUT2D eigenvalue weighted by Crippen LogP contribution is 2.50. The molecule has 1 heterocycles. The summed E-state index contributed by atoms with van der Waals surface area (Å²) in [6, 6.07) is 0. The molecule has 13 heavy (non-hydrogen) atoms. The van der Waals surface area contributed by atoms with Crippen molar-refractivity contribution in [3.63, 3.8) is 0 Å². The van der Waals surface area contributed by atoms with Gasteiger partial charge in [0.25, 0.3) is 0 Å². The molecule has 1 atom stereocenters. The summed E-state index contributed by atoms with van der Waals surface area (Å²) in [5, 5.41) is 8.53. The Bertz CT molecular complexity index is 254. The highest BCUT2D eigenvalue weighted by molar-refractivity contribution is 5.81. The minimum atomic E-state index is -0.894. The number of ether oxygens (including phenoxy) is 1. The zero-order valence-electron chi connectivity index (χ0n) is 7.28. The van der Waals surface area contributed by atoms with Crippen LogP contribution in [0.25, 0.3) is 0 Å². The van der Waals surface area contributed by atoms with Crippen LogP contribution in [0.2, 0.25) is 0 Å². The van der Waals surface area contributed by atoms with Gasteiger partial charge in [0.15, 0.2) is 0 Å². The second-order valence-electron chi connectivity index (χ2n) is 3.96. The molecule has 0 aromatic carbocycles. The van der Waals surface area contributed by atoms with Gasteiger partial charge < -0.3 is 9.84 Å². The topological polar surface area (TPSA) is 63.6 Å². The number of carboxylic acids is 1. The van der Waals surface area contributed by atoms with Crippen LogP contribution in [0.15, 0.2) is 0 Å². The first kappa shape index (κ1) is 8.53. The van der Waals surface area contributed by atoms with Crippen molar-refractivity contribution in [3.8, 4) is 0 Å². The lowest BCUT2D eigenvalue weighted by Crippen LogP contribution is -2.33. The lowest BCUT2D eigenvalue weighted by atomic mass is 9.67. The van der Waals surface area contributed by atoms with Crippen LogP contribution in [0.3, 0.4) is 0 Å². The van der Waals surface area contributed by atoms with Crippen molar-refractivity contribution in [1.82, 2.24) is 0 Å². The van der Waals surface area contributed by atoms with E-state index in [1.165, 1.54) is 0 Å². The van der Waals surface area contributed by atoms with Crippen molar-refractivity contribution in [2.45, 2.75) is 38.2 Å². The molecule has 1 aliphatic heterocycles. The molecule has 0 radical (unpaired) electrons. The predicted octanol–water partition coefficient (Wildman–Crippen LogP) is 0.947. The number of carbonyl (C=O) groups excluding carboxylic acids is 1. The molecule has 1 saturated carbocycles. The Hall–Kier alpha value is -1.06. The molecule has 0 amide bonds. The summed E-state index contributed by atoms with van der Waals surface area (Å²) >= 11 is 0. The molecule has 1 N–H and O–H groups in total. The first-order valence-electron chi connectivity index (χ1n) is 4.55. The van der Waals surface area contributed by atoms with E-state index in [9.17, 15) is 9.59 Å². The Kier molecular flexibility index (Phi) is 1.78. The summed E-state index contributed by atoms with van der Waals surface area (Å²) in [5.74, 6) is -1.07. The van der Waals surface area contributed by atoms with Crippen LogP contribution in [-0.2, 0) is 14.3 Å². The van der Waals surface area contributed by atoms with E-state index in [4.69, 9.17) is 9.84 Å². The molecule has 1 saturated heterocycles. The highest BCUT2D eigenvalue weighted by Gasteiger charge is 2.52. The van der Waals surface area contributed by atoms with Gasteiger partial charge in [0.2, 0.25) is 0 Å². The zero-order chi connectivity index (χ0) is 9.47. The fraction of sp³-hybridized carbons (Fsp3) is 0.778. The quantitative estimate of drug-likeness (QED) is 0.649. The number of carboxylic acid groups (broad SMARTS) is 1. The SMILES string of the molecule is O=C(O)CC1CC2(CCC2)C(=O)O1. The summed E-state index contributed by atoms with van der Waals surface area (Å²) in [5.41, 5.74) is -0.292. The minimum absolute atomic E-state index is 0.0481. The molecule has 0 aromatic heterocycles. The summed E-state index contributed by atoms with van der Waals surface area (Å²) < 4.78 is 5.01.